The van der Waals surface area contributed by atoms with Crippen LogP contribution in [0.2, 0.25) is 10.0 Å². The molecule has 1 aliphatic heterocycles. The van der Waals surface area contributed by atoms with Crippen LogP contribution in [0.4, 0.5) is 0 Å². The van der Waals surface area contributed by atoms with Gasteiger partial charge in [-0.3, -0.25) is 4.79 Å². The normalized spacial score (nSPS) is 21.8. The van der Waals surface area contributed by atoms with Gasteiger partial charge in [0.1, 0.15) is 0 Å². The van der Waals surface area contributed by atoms with Crippen molar-refractivity contribution in [3.8, 4) is 0 Å². The molecule has 18 heavy (non-hydrogen) atoms. The van der Waals surface area contributed by atoms with E-state index in [1.807, 2.05) is 13.8 Å². The molecular formula is C13H15Cl2NO2. The molecule has 3 nitrogen and oxygen atoms in total. The minimum absolute atomic E-state index is 0.0308. The molecular weight excluding hydrogens is 273 g/mol. The summed E-state index contributed by atoms with van der Waals surface area (Å²) in [6, 6.07) is 5.12. The van der Waals surface area contributed by atoms with Gasteiger partial charge in [-0.25, -0.2) is 0 Å². The number of hydrogen-bond acceptors (Lipinski definition) is 2. The summed E-state index contributed by atoms with van der Waals surface area (Å²) in [6.45, 7) is 5.59. The van der Waals surface area contributed by atoms with E-state index >= 15 is 0 Å². The molecule has 0 aromatic heterocycles. The van der Waals surface area contributed by atoms with E-state index in [0.717, 1.165) is 0 Å². The molecule has 1 fully saturated rings. The quantitative estimate of drug-likeness (QED) is 0.798. The lowest BCUT2D eigenvalue weighted by Gasteiger charge is -2.23. The summed E-state index contributed by atoms with van der Waals surface area (Å²) in [6.07, 6.45) is 0. The highest BCUT2D eigenvalue weighted by molar-refractivity contribution is 6.35. The van der Waals surface area contributed by atoms with E-state index in [1.54, 1.807) is 23.1 Å². The molecule has 0 spiro atoms. The summed E-state index contributed by atoms with van der Waals surface area (Å²) in [5, 5.41) is 1.02. The summed E-state index contributed by atoms with van der Waals surface area (Å²) in [4.78, 5) is 14.2. The molecule has 0 bridgehead atoms. The molecule has 0 N–H and O–H groups in total. The first-order valence-electron chi connectivity index (χ1n) is 5.94. The summed E-state index contributed by atoms with van der Waals surface area (Å²) in [7, 11) is 0. The minimum Gasteiger partial charge on any atom is -0.354 e. The fraction of sp³-hybridized carbons (Fsp3) is 0.462. The zero-order valence-electron chi connectivity index (χ0n) is 10.4. The highest BCUT2D eigenvalue weighted by atomic mass is 35.5. The number of nitrogens with zero attached hydrogens (tertiary/aromatic N) is 1. The first kappa shape index (κ1) is 13.7. The van der Waals surface area contributed by atoms with E-state index in [4.69, 9.17) is 27.9 Å². The lowest BCUT2D eigenvalue weighted by Crippen LogP contribution is -2.40. The second-order valence-corrected chi connectivity index (χ2v) is 5.06. The van der Waals surface area contributed by atoms with Crippen molar-refractivity contribution in [1.82, 2.24) is 4.90 Å². The van der Waals surface area contributed by atoms with Crippen LogP contribution in [-0.2, 0) is 15.1 Å². The maximum absolute atomic E-state index is 12.4. The topological polar surface area (TPSA) is 32.8 Å². The Kier molecular flexibility index (Phi) is 3.85. The van der Waals surface area contributed by atoms with Gasteiger partial charge in [-0.15, -0.1) is 0 Å². The highest BCUT2D eigenvalue weighted by Crippen LogP contribution is 2.44. The molecule has 0 saturated carbocycles. The molecule has 1 unspecified atom stereocenters. The van der Waals surface area contributed by atoms with Gasteiger partial charge in [0.05, 0.1) is 6.61 Å². The van der Waals surface area contributed by atoms with Crippen molar-refractivity contribution >= 4 is 29.1 Å². The van der Waals surface area contributed by atoms with Gasteiger partial charge in [0, 0.05) is 28.7 Å². The van der Waals surface area contributed by atoms with Gasteiger partial charge in [0.2, 0.25) is 0 Å². The van der Waals surface area contributed by atoms with Crippen molar-refractivity contribution in [3.05, 3.63) is 33.8 Å². The van der Waals surface area contributed by atoms with Crippen LogP contribution in [-0.4, -0.2) is 30.5 Å². The number of rotatable bonds is 4. The number of carbonyl (C=O) groups is 1. The lowest BCUT2D eigenvalue weighted by molar-refractivity contribution is -0.136. The van der Waals surface area contributed by atoms with E-state index in [0.29, 0.717) is 35.3 Å². The van der Waals surface area contributed by atoms with Crippen molar-refractivity contribution in [2.24, 2.45) is 0 Å². The fourth-order valence-corrected chi connectivity index (χ4v) is 2.61. The Labute approximate surface area is 117 Å². The van der Waals surface area contributed by atoms with Crippen molar-refractivity contribution < 1.29 is 9.53 Å². The predicted octanol–water partition coefficient (Wildman–Crippen LogP) is 3.09. The van der Waals surface area contributed by atoms with Crippen LogP contribution < -0.4 is 0 Å². The van der Waals surface area contributed by atoms with E-state index < -0.39 is 5.60 Å². The average Bonchev–Trinajstić information content (AvgIpc) is 3.11. The zero-order chi connectivity index (χ0) is 13.3. The van der Waals surface area contributed by atoms with Crippen LogP contribution in [0.3, 0.4) is 0 Å². The Hall–Kier alpha value is -0.770. The van der Waals surface area contributed by atoms with E-state index in [2.05, 4.69) is 0 Å². The summed E-state index contributed by atoms with van der Waals surface area (Å²) >= 11 is 12.0. The third-order valence-electron chi connectivity index (χ3n) is 3.20. The molecule has 2 rings (SSSR count). The van der Waals surface area contributed by atoms with Crippen molar-refractivity contribution in [2.75, 3.05) is 19.7 Å². The first-order valence-corrected chi connectivity index (χ1v) is 6.69. The van der Waals surface area contributed by atoms with Crippen molar-refractivity contribution in [1.29, 1.82) is 0 Å². The Balaban J connectivity index is 2.34. The Bertz CT molecular complexity index is 468. The number of halogens is 2. The second kappa shape index (κ2) is 5.08. The molecule has 0 radical (unpaired) electrons. The third-order valence-corrected chi connectivity index (χ3v) is 3.74. The van der Waals surface area contributed by atoms with Gasteiger partial charge in [-0.1, -0.05) is 29.3 Å². The van der Waals surface area contributed by atoms with Crippen LogP contribution >= 0.6 is 23.2 Å². The molecule has 1 aliphatic rings. The predicted molar refractivity (Wildman–Crippen MR) is 72.0 cm³/mol. The van der Waals surface area contributed by atoms with Gasteiger partial charge in [0.25, 0.3) is 5.91 Å². The second-order valence-electron chi connectivity index (χ2n) is 4.22. The molecule has 0 aliphatic carbocycles. The van der Waals surface area contributed by atoms with Gasteiger partial charge < -0.3 is 9.64 Å². The van der Waals surface area contributed by atoms with Gasteiger partial charge in [-0.2, -0.15) is 0 Å². The Morgan fingerprint density at radius 2 is 2.00 bits per heavy atom. The van der Waals surface area contributed by atoms with E-state index in [-0.39, 0.29) is 5.91 Å². The van der Waals surface area contributed by atoms with Crippen LogP contribution in [0.15, 0.2) is 18.2 Å². The average molecular weight is 288 g/mol. The van der Waals surface area contributed by atoms with Crippen LogP contribution in [0, 0.1) is 0 Å². The Morgan fingerprint density at radius 3 is 2.44 bits per heavy atom. The summed E-state index contributed by atoms with van der Waals surface area (Å²) in [5.74, 6) is -0.0308. The molecule has 1 saturated heterocycles. The number of hydrogen-bond donors (Lipinski definition) is 0. The largest absolute Gasteiger partial charge is 0.354 e. The maximum atomic E-state index is 12.4. The fourth-order valence-electron chi connectivity index (χ4n) is 2.05. The smallest absolute Gasteiger partial charge is 0.261 e. The number of carbonyl (C=O) groups excluding carboxylic acids is 1. The number of benzene rings is 1. The molecule has 1 heterocycles. The SMILES string of the molecule is CCN(CC)C(=O)C1(c2ccc(Cl)cc2Cl)CO1. The Morgan fingerprint density at radius 1 is 1.39 bits per heavy atom. The van der Waals surface area contributed by atoms with Crippen molar-refractivity contribution in [2.45, 2.75) is 19.4 Å². The third kappa shape index (κ3) is 2.22. The summed E-state index contributed by atoms with van der Waals surface area (Å²) in [5.41, 5.74) is -0.196. The molecule has 1 aromatic carbocycles. The first-order chi connectivity index (χ1) is 8.55. The van der Waals surface area contributed by atoms with Gasteiger partial charge in [0.15, 0.2) is 5.60 Å². The number of amides is 1. The standard InChI is InChI=1S/C13H15Cl2NO2/c1-3-16(4-2)12(17)13(8-18-13)10-6-5-9(14)7-11(10)15/h5-7H,3-4,8H2,1-2H3. The lowest BCUT2D eigenvalue weighted by atomic mass is 9.98. The van der Waals surface area contributed by atoms with Crippen LogP contribution in [0.5, 0.6) is 0 Å². The molecule has 1 amide bonds. The van der Waals surface area contributed by atoms with Crippen molar-refractivity contribution in [3.63, 3.8) is 0 Å². The zero-order valence-corrected chi connectivity index (χ0v) is 11.9. The molecule has 98 valence electrons. The number of likely N-dealkylation sites (N-methyl/N-ethyl adjacent to an activating group) is 1. The molecule has 1 atom stereocenters. The molecule has 5 heteroatoms. The maximum Gasteiger partial charge on any atom is 0.261 e. The van der Waals surface area contributed by atoms with E-state index in [1.165, 1.54) is 0 Å². The molecule has 1 aromatic rings. The number of ether oxygens (including phenoxy) is 1. The summed E-state index contributed by atoms with van der Waals surface area (Å²) < 4.78 is 5.43. The monoisotopic (exact) mass is 287 g/mol. The number of epoxide rings is 1. The van der Waals surface area contributed by atoms with Crippen LogP contribution in [0.1, 0.15) is 19.4 Å². The van der Waals surface area contributed by atoms with Crippen LogP contribution in [0.25, 0.3) is 0 Å². The highest BCUT2D eigenvalue weighted by Gasteiger charge is 2.56. The minimum atomic E-state index is -0.895. The van der Waals surface area contributed by atoms with Gasteiger partial charge >= 0.3 is 0 Å². The van der Waals surface area contributed by atoms with E-state index in [9.17, 15) is 4.79 Å². The van der Waals surface area contributed by atoms with Gasteiger partial charge in [-0.05, 0) is 26.0 Å².